The van der Waals surface area contributed by atoms with Crippen LogP contribution in [0.25, 0.3) is 0 Å². The molecule has 16 heavy (non-hydrogen) atoms. The highest BCUT2D eigenvalue weighted by molar-refractivity contribution is 4.99. The minimum absolute atomic E-state index is 0.0244. The molecule has 0 radical (unpaired) electrons. The van der Waals surface area contributed by atoms with Gasteiger partial charge in [0.25, 0.3) is 0 Å². The molecular formula is C14H30N2. The lowest BCUT2D eigenvalue weighted by molar-refractivity contribution is 0.345. The molecule has 0 heterocycles. The van der Waals surface area contributed by atoms with Crippen LogP contribution in [-0.2, 0) is 0 Å². The van der Waals surface area contributed by atoms with Crippen molar-refractivity contribution in [1.29, 1.82) is 0 Å². The fourth-order valence-corrected chi connectivity index (χ4v) is 2.85. The molecule has 1 aliphatic carbocycles. The number of rotatable bonds is 8. The first-order valence-corrected chi connectivity index (χ1v) is 7.23. The van der Waals surface area contributed by atoms with Crippen molar-refractivity contribution >= 4 is 0 Å². The van der Waals surface area contributed by atoms with Crippen LogP contribution < -0.4 is 11.5 Å². The van der Waals surface area contributed by atoms with Gasteiger partial charge >= 0.3 is 0 Å². The van der Waals surface area contributed by atoms with E-state index in [1.165, 1.54) is 51.4 Å². The second-order valence-electron chi connectivity index (χ2n) is 5.60. The van der Waals surface area contributed by atoms with Gasteiger partial charge < -0.3 is 11.5 Å². The van der Waals surface area contributed by atoms with Crippen molar-refractivity contribution in [3.63, 3.8) is 0 Å². The van der Waals surface area contributed by atoms with E-state index in [0.29, 0.717) is 0 Å². The minimum atomic E-state index is -0.0244. The Morgan fingerprint density at radius 3 is 2.25 bits per heavy atom. The van der Waals surface area contributed by atoms with Crippen molar-refractivity contribution in [3.8, 4) is 0 Å². The molecule has 1 aliphatic rings. The van der Waals surface area contributed by atoms with Crippen LogP contribution in [-0.4, -0.2) is 11.6 Å². The predicted octanol–water partition coefficient (Wildman–Crippen LogP) is 3.34. The topological polar surface area (TPSA) is 52.0 Å². The molecule has 2 unspecified atom stereocenters. The molecule has 0 spiro atoms. The highest BCUT2D eigenvalue weighted by Crippen LogP contribution is 2.31. The van der Waals surface area contributed by atoms with Crippen LogP contribution in [0.4, 0.5) is 0 Å². The summed E-state index contributed by atoms with van der Waals surface area (Å²) in [5.41, 5.74) is 12.4. The molecule has 1 saturated carbocycles. The molecule has 0 aromatic rings. The molecule has 2 atom stereocenters. The zero-order chi connectivity index (χ0) is 11.9. The Labute approximate surface area is 101 Å². The molecule has 0 aromatic heterocycles. The molecule has 0 aromatic carbocycles. The molecule has 1 fully saturated rings. The summed E-state index contributed by atoms with van der Waals surface area (Å²) in [6.45, 7) is 2.26. The quantitative estimate of drug-likeness (QED) is 0.624. The molecule has 96 valence electrons. The number of unbranched alkanes of at least 4 members (excludes halogenated alkanes) is 6. The Balaban J connectivity index is 1.98. The van der Waals surface area contributed by atoms with Crippen LogP contribution >= 0.6 is 0 Å². The van der Waals surface area contributed by atoms with Gasteiger partial charge in [0.2, 0.25) is 0 Å². The Bertz CT molecular complexity index is 182. The van der Waals surface area contributed by atoms with Crippen LogP contribution in [0.3, 0.4) is 0 Å². The third-order valence-electron chi connectivity index (χ3n) is 4.14. The second kappa shape index (κ2) is 7.29. The summed E-state index contributed by atoms with van der Waals surface area (Å²) in [4.78, 5) is 0. The summed E-state index contributed by atoms with van der Waals surface area (Å²) < 4.78 is 0. The fraction of sp³-hybridized carbons (Fsp3) is 1.00. The summed E-state index contributed by atoms with van der Waals surface area (Å²) in [5, 5.41) is 0. The van der Waals surface area contributed by atoms with Crippen LogP contribution in [0.1, 0.15) is 77.6 Å². The Morgan fingerprint density at radius 1 is 1.06 bits per heavy atom. The summed E-state index contributed by atoms with van der Waals surface area (Å²) >= 11 is 0. The monoisotopic (exact) mass is 226 g/mol. The number of nitrogens with two attached hydrogens (primary N) is 2. The fourth-order valence-electron chi connectivity index (χ4n) is 2.85. The third-order valence-corrected chi connectivity index (χ3v) is 4.14. The summed E-state index contributed by atoms with van der Waals surface area (Å²) in [7, 11) is 0. The molecule has 0 amide bonds. The van der Waals surface area contributed by atoms with Crippen LogP contribution in [0, 0.1) is 0 Å². The predicted molar refractivity (Wildman–Crippen MR) is 71.4 cm³/mol. The van der Waals surface area contributed by atoms with E-state index in [0.717, 1.165) is 19.3 Å². The van der Waals surface area contributed by atoms with E-state index in [1.807, 2.05) is 0 Å². The van der Waals surface area contributed by atoms with Crippen molar-refractivity contribution < 1.29 is 0 Å². The number of hydrogen-bond donors (Lipinski definition) is 2. The lowest BCUT2D eigenvalue weighted by atomic mass is 9.88. The Kier molecular flexibility index (Phi) is 6.37. The molecule has 0 bridgehead atoms. The minimum Gasteiger partial charge on any atom is -0.326 e. The van der Waals surface area contributed by atoms with Gasteiger partial charge in [-0.25, -0.2) is 0 Å². The Hall–Kier alpha value is -0.0800. The lowest BCUT2D eigenvalue weighted by Gasteiger charge is -2.28. The first-order chi connectivity index (χ1) is 7.69. The highest BCUT2D eigenvalue weighted by atomic mass is 14.9. The van der Waals surface area contributed by atoms with Crippen molar-refractivity contribution in [1.82, 2.24) is 0 Å². The summed E-state index contributed by atoms with van der Waals surface area (Å²) in [5.74, 6) is 0. The largest absolute Gasteiger partial charge is 0.326 e. The van der Waals surface area contributed by atoms with Crippen LogP contribution in [0.15, 0.2) is 0 Å². The van der Waals surface area contributed by atoms with Crippen LogP contribution in [0.2, 0.25) is 0 Å². The van der Waals surface area contributed by atoms with Crippen molar-refractivity contribution in [2.45, 2.75) is 89.1 Å². The van der Waals surface area contributed by atoms with Gasteiger partial charge in [-0.2, -0.15) is 0 Å². The van der Waals surface area contributed by atoms with Gasteiger partial charge in [0.1, 0.15) is 0 Å². The van der Waals surface area contributed by atoms with Gasteiger partial charge in [-0.15, -0.1) is 0 Å². The molecule has 2 heteroatoms. The van der Waals surface area contributed by atoms with Gasteiger partial charge in [0.15, 0.2) is 0 Å². The molecular weight excluding hydrogens is 196 g/mol. The lowest BCUT2D eigenvalue weighted by Crippen LogP contribution is -2.51. The van der Waals surface area contributed by atoms with Crippen molar-refractivity contribution in [2.75, 3.05) is 0 Å². The molecule has 4 N–H and O–H groups in total. The zero-order valence-corrected chi connectivity index (χ0v) is 11.0. The van der Waals surface area contributed by atoms with E-state index in [4.69, 9.17) is 11.5 Å². The maximum absolute atomic E-state index is 6.34. The number of hydrogen-bond acceptors (Lipinski definition) is 2. The normalized spacial score (nSPS) is 29.8. The highest BCUT2D eigenvalue weighted by Gasteiger charge is 2.35. The average Bonchev–Trinajstić information content (AvgIpc) is 2.59. The van der Waals surface area contributed by atoms with E-state index in [-0.39, 0.29) is 11.6 Å². The molecule has 0 aliphatic heterocycles. The summed E-state index contributed by atoms with van der Waals surface area (Å²) in [6, 6.07) is 0.257. The van der Waals surface area contributed by atoms with E-state index in [2.05, 4.69) is 6.92 Å². The maximum atomic E-state index is 6.34. The first kappa shape index (κ1) is 14.0. The molecule has 0 saturated heterocycles. The SMILES string of the molecule is CCCCCCCCCC1(N)CCCC1N. The standard InChI is InChI=1S/C14H30N2/c1-2-3-4-5-6-7-8-11-14(16)12-9-10-13(14)15/h13H,2-12,15-16H2,1H3. The van der Waals surface area contributed by atoms with E-state index < -0.39 is 0 Å². The van der Waals surface area contributed by atoms with Gasteiger partial charge in [-0.1, -0.05) is 51.9 Å². The average molecular weight is 226 g/mol. The van der Waals surface area contributed by atoms with Crippen LogP contribution in [0.5, 0.6) is 0 Å². The van der Waals surface area contributed by atoms with Gasteiger partial charge in [-0.3, -0.25) is 0 Å². The molecule has 1 rings (SSSR count). The third kappa shape index (κ3) is 4.42. The van der Waals surface area contributed by atoms with Gasteiger partial charge in [0.05, 0.1) is 0 Å². The molecule has 2 nitrogen and oxygen atoms in total. The smallest absolute Gasteiger partial charge is 0.0307 e. The van der Waals surface area contributed by atoms with Crippen molar-refractivity contribution in [2.24, 2.45) is 11.5 Å². The first-order valence-electron chi connectivity index (χ1n) is 7.23. The van der Waals surface area contributed by atoms with E-state index >= 15 is 0 Å². The van der Waals surface area contributed by atoms with E-state index in [1.54, 1.807) is 0 Å². The van der Waals surface area contributed by atoms with Gasteiger partial charge in [-0.05, 0) is 25.7 Å². The van der Waals surface area contributed by atoms with Crippen molar-refractivity contribution in [3.05, 3.63) is 0 Å². The van der Waals surface area contributed by atoms with Gasteiger partial charge in [0, 0.05) is 11.6 Å². The maximum Gasteiger partial charge on any atom is 0.0307 e. The van der Waals surface area contributed by atoms with E-state index in [9.17, 15) is 0 Å². The summed E-state index contributed by atoms with van der Waals surface area (Å²) in [6.07, 6.45) is 14.2. The second-order valence-corrected chi connectivity index (χ2v) is 5.60. The Morgan fingerprint density at radius 2 is 1.69 bits per heavy atom. The zero-order valence-electron chi connectivity index (χ0n) is 11.0.